The lowest BCUT2D eigenvalue weighted by Gasteiger charge is -2.23. The van der Waals surface area contributed by atoms with E-state index in [1.54, 1.807) is 19.1 Å². The van der Waals surface area contributed by atoms with E-state index in [0.29, 0.717) is 24.1 Å². The van der Waals surface area contributed by atoms with E-state index in [1.165, 1.54) is 13.2 Å². The molecule has 0 unspecified atom stereocenters. The first-order valence-corrected chi connectivity index (χ1v) is 8.41. The van der Waals surface area contributed by atoms with Crippen molar-refractivity contribution in [1.82, 2.24) is 10.2 Å². The highest BCUT2D eigenvalue weighted by Crippen LogP contribution is 2.25. The standard InChI is InChI=1S/C18H23N3O5/c1-5-18(6-2)16(24)21(17(25)20-18)10-14(22)19-13-9-12(15(23)26-4)8-7-11(13)3/h7-9H,5-6,10H2,1-4H3,(H,19,22)(H,20,25). The highest BCUT2D eigenvalue weighted by Gasteiger charge is 2.49. The number of hydrogen-bond donors (Lipinski definition) is 2. The average molecular weight is 361 g/mol. The van der Waals surface area contributed by atoms with Crippen LogP contribution in [0.5, 0.6) is 0 Å². The van der Waals surface area contributed by atoms with Gasteiger partial charge in [0.05, 0.1) is 12.7 Å². The minimum atomic E-state index is -0.946. The molecule has 1 aromatic carbocycles. The maximum Gasteiger partial charge on any atom is 0.337 e. The molecule has 1 aliphatic heterocycles. The molecule has 1 aromatic rings. The predicted molar refractivity (Wildman–Crippen MR) is 94.7 cm³/mol. The molecule has 1 heterocycles. The molecule has 0 spiro atoms. The van der Waals surface area contributed by atoms with Gasteiger partial charge < -0.3 is 15.4 Å². The summed E-state index contributed by atoms with van der Waals surface area (Å²) in [6, 6.07) is 4.18. The van der Waals surface area contributed by atoms with Gasteiger partial charge in [-0.05, 0) is 37.5 Å². The van der Waals surface area contributed by atoms with Crippen LogP contribution in [0.4, 0.5) is 10.5 Å². The molecule has 0 radical (unpaired) electrons. The Bertz CT molecular complexity index is 755. The molecule has 0 aromatic heterocycles. The monoisotopic (exact) mass is 361 g/mol. The normalized spacial score (nSPS) is 15.6. The fourth-order valence-electron chi connectivity index (χ4n) is 2.88. The predicted octanol–water partition coefficient (Wildman–Crippen LogP) is 1.83. The van der Waals surface area contributed by atoms with E-state index in [-0.39, 0.29) is 0 Å². The molecule has 4 amide bonds. The summed E-state index contributed by atoms with van der Waals surface area (Å²) in [4.78, 5) is 49.5. The molecule has 1 aliphatic rings. The number of amides is 4. The number of rotatable bonds is 6. The maximum atomic E-state index is 12.5. The summed E-state index contributed by atoms with van der Waals surface area (Å²) < 4.78 is 4.66. The zero-order valence-electron chi connectivity index (χ0n) is 15.3. The van der Waals surface area contributed by atoms with Crippen LogP contribution in [-0.4, -0.2) is 47.9 Å². The summed E-state index contributed by atoms with van der Waals surface area (Å²) in [7, 11) is 1.27. The Morgan fingerprint density at radius 3 is 2.42 bits per heavy atom. The number of anilines is 1. The van der Waals surface area contributed by atoms with Crippen molar-refractivity contribution in [2.45, 2.75) is 39.2 Å². The van der Waals surface area contributed by atoms with Crippen LogP contribution in [0.25, 0.3) is 0 Å². The van der Waals surface area contributed by atoms with E-state index in [4.69, 9.17) is 0 Å². The van der Waals surface area contributed by atoms with Crippen molar-refractivity contribution < 1.29 is 23.9 Å². The number of imide groups is 1. The van der Waals surface area contributed by atoms with Crippen LogP contribution >= 0.6 is 0 Å². The van der Waals surface area contributed by atoms with Gasteiger partial charge in [0.1, 0.15) is 12.1 Å². The third-order valence-electron chi connectivity index (χ3n) is 4.69. The first kappa shape index (κ1) is 19.4. The summed E-state index contributed by atoms with van der Waals surface area (Å²) in [5.41, 5.74) is 0.499. The van der Waals surface area contributed by atoms with Crippen molar-refractivity contribution in [3.05, 3.63) is 29.3 Å². The molecule has 26 heavy (non-hydrogen) atoms. The summed E-state index contributed by atoms with van der Waals surface area (Å²) >= 11 is 0. The van der Waals surface area contributed by atoms with Crippen molar-refractivity contribution in [1.29, 1.82) is 0 Å². The number of benzene rings is 1. The number of esters is 1. The van der Waals surface area contributed by atoms with Gasteiger partial charge in [-0.25, -0.2) is 9.59 Å². The average Bonchev–Trinajstić information content (AvgIpc) is 2.87. The Balaban J connectivity index is 2.13. The molecule has 2 N–H and O–H groups in total. The summed E-state index contributed by atoms with van der Waals surface area (Å²) in [6.45, 7) is 5.00. The van der Waals surface area contributed by atoms with Gasteiger partial charge in [-0.2, -0.15) is 0 Å². The topological polar surface area (TPSA) is 105 Å². The van der Waals surface area contributed by atoms with E-state index < -0.39 is 35.9 Å². The van der Waals surface area contributed by atoms with E-state index in [0.717, 1.165) is 10.5 Å². The van der Waals surface area contributed by atoms with E-state index >= 15 is 0 Å². The maximum absolute atomic E-state index is 12.5. The van der Waals surface area contributed by atoms with Crippen LogP contribution in [0.1, 0.15) is 42.6 Å². The molecule has 140 valence electrons. The summed E-state index contributed by atoms with van der Waals surface area (Å²) in [5, 5.41) is 5.32. The van der Waals surface area contributed by atoms with Gasteiger partial charge in [0.2, 0.25) is 5.91 Å². The largest absolute Gasteiger partial charge is 0.465 e. The lowest BCUT2D eigenvalue weighted by molar-refractivity contribution is -0.134. The molecule has 0 saturated carbocycles. The quantitative estimate of drug-likeness (QED) is 0.594. The summed E-state index contributed by atoms with van der Waals surface area (Å²) in [6.07, 6.45) is 0.902. The van der Waals surface area contributed by atoms with E-state index in [1.807, 2.05) is 13.8 Å². The van der Waals surface area contributed by atoms with Gasteiger partial charge >= 0.3 is 12.0 Å². The number of hydrogen-bond acceptors (Lipinski definition) is 5. The van der Waals surface area contributed by atoms with Crippen molar-refractivity contribution in [2.75, 3.05) is 19.0 Å². The first-order valence-electron chi connectivity index (χ1n) is 8.41. The molecule has 0 atom stereocenters. The second-order valence-electron chi connectivity index (χ2n) is 6.18. The number of nitrogens with zero attached hydrogens (tertiary/aromatic N) is 1. The van der Waals surface area contributed by atoms with Crippen LogP contribution in [0.15, 0.2) is 18.2 Å². The van der Waals surface area contributed by atoms with Crippen LogP contribution in [0.3, 0.4) is 0 Å². The molecular weight excluding hydrogens is 338 g/mol. The fourth-order valence-corrected chi connectivity index (χ4v) is 2.88. The number of ether oxygens (including phenoxy) is 1. The molecule has 1 fully saturated rings. The molecule has 8 heteroatoms. The van der Waals surface area contributed by atoms with Gasteiger partial charge in [-0.3, -0.25) is 14.5 Å². The first-order chi connectivity index (χ1) is 12.3. The van der Waals surface area contributed by atoms with Crippen LogP contribution in [-0.2, 0) is 14.3 Å². The fraction of sp³-hybridized carbons (Fsp3) is 0.444. The number of aryl methyl sites for hydroxylation is 1. The molecular formula is C18H23N3O5. The minimum Gasteiger partial charge on any atom is -0.465 e. The molecule has 1 saturated heterocycles. The molecule has 2 rings (SSSR count). The van der Waals surface area contributed by atoms with Crippen molar-refractivity contribution in [3.8, 4) is 0 Å². The zero-order chi connectivity index (χ0) is 19.5. The van der Waals surface area contributed by atoms with Crippen molar-refractivity contribution in [2.24, 2.45) is 0 Å². The summed E-state index contributed by atoms with van der Waals surface area (Å²) in [5.74, 6) is -1.45. The second-order valence-corrected chi connectivity index (χ2v) is 6.18. The minimum absolute atomic E-state index is 0.291. The second kappa shape index (κ2) is 7.55. The highest BCUT2D eigenvalue weighted by molar-refractivity contribution is 6.10. The Labute approximate surface area is 151 Å². The SMILES string of the molecule is CCC1(CC)NC(=O)N(CC(=O)Nc2cc(C(=O)OC)ccc2C)C1=O. The number of urea groups is 1. The Kier molecular flexibility index (Phi) is 5.64. The molecule has 0 bridgehead atoms. The van der Waals surface area contributed by atoms with Crippen molar-refractivity contribution >= 4 is 29.5 Å². The van der Waals surface area contributed by atoms with Gasteiger partial charge in [-0.15, -0.1) is 0 Å². The van der Waals surface area contributed by atoms with Gasteiger partial charge in [0.25, 0.3) is 5.91 Å². The lowest BCUT2D eigenvalue weighted by atomic mass is 9.93. The lowest BCUT2D eigenvalue weighted by Crippen LogP contribution is -2.46. The van der Waals surface area contributed by atoms with Gasteiger partial charge in [-0.1, -0.05) is 19.9 Å². The zero-order valence-corrected chi connectivity index (χ0v) is 15.3. The third-order valence-corrected chi connectivity index (χ3v) is 4.69. The number of carbonyl (C=O) groups is 4. The molecule has 8 nitrogen and oxygen atoms in total. The van der Waals surface area contributed by atoms with Crippen LogP contribution < -0.4 is 10.6 Å². The Morgan fingerprint density at radius 1 is 1.23 bits per heavy atom. The van der Waals surface area contributed by atoms with Crippen molar-refractivity contribution in [3.63, 3.8) is 0 Å². The Hall–Kier alpha value is -2.90. The van der Waals surface area contributed by atoms with E-state index in [2.05, 4.69) is 15.4 Å². The van der Waals surface area contributed by atoms with E-state index in [9.17, 15) is 19.2 Å². The molecule has 0 aliphatic carbocycles. The number of nitrogens with one attached hydrogen (secondary N) is 2. The Morgan fingerprint density at radius 2 is 1.88 bits per heavy atom. The van der Waals surface area contributed by atoms with Crippen LogP contribution in [0.2, 0.25) is 0 Å². The smallest absolute Gasteiger partial charge is 0.337 e. The van der Waals surface area contributed by atoms with Gasteiger partial charge in [0.15, 0.2) is 0 Å². The number of methoxy groups -OCH3 is 1. The number of carbonyl (C=O) groups excluding carboxylic acids is 4. The van der Waals surface area contributed by atoms with Gasteiger partial charge in [0, 0.05) is 5.69 Å². The highest BCUT2D eigenvalue weighted by atomic mass is 16.5. The third kappa shape index (κ3) is 3.54. The van der Waals surface area contributed by atoms with Crippen LogP contribution in [0, 0.1) is 6.92 Å².